The van der Waals surface area contributed by atoms with Crippen LogP contribution in [0.5, 0.6) is 0 Å². The van der Waals surface area contributed by atoms with Crippen molar-refractivity contribution >= 4 is 17.7 Å². The second-order valence-electron chi connectivity index (χ2n) is 4.77. The minimum Gasteiger partial charge on any atom is -0.478 e. The highest BCUT2D eigenvalue weighted by Gasteiger charge is 2.24. The number of piperazine rings is 1. The van der Waals surface area contributed by atoms with Crippen molar-refractivity contribution in [3.8, 4) is 0 Å². The van der Waals surface area contributed by atoms with Gasteiger partial charge in [0.1, 0.15) is 11.4 Å². The van der Waals surface area contributed by atoms with Crippen LogP contribution in [-0.2, 0) is 0 Å². The monoisotopic (exact) mass is 289 g/mol. The summed E-state index contributed by atoms with van der Waals surface area (Å²) in [4.78, 5) is 23.6. The number of carboxylic acid groups (broad SMARTS) is 1. The molecule has 110 valence electrons. The van der Waals surface area contributed by atoms with Crippen molar-refractivity contribution in [2.75, 3.05) is 36.0 Å². The number of hydrogen-bond donors (Lipinski definition) is 1. The number of rotatable bonds is 3. The van der Waals surface area contributed by atoms with Gasteiger partial charge in [0, 0.05) is 39.3 Å². The van der Waals surface area contributed by atoms with E-state index in [1.165, 1.54) is 0 Å². The molecule has 0 bridgehead atoms. The molecule has 1 aliphatic heterocycles. The Bertz CT molecular complexity index is 649. The first-order valence-electron chi connectivity index (χ1n) is 6.63. The zero-order valence-corrected chi connectivity index (χ0v) is 11.6. The number of aromatic carboxylic acids is 1. The van der Waals surface area contributed by atoms with E-state index in [0.29, 0.717) is 43.8 Å². The van der Waals surface area contributed by atoms with Gasteiger partial charge in [0.15, 0.2) is 0 Å². The van der Waals surface area contributed by atoms with Gasteiger partial charge in [-0.1, -0.05) is 0 Å². The number of carboxylic acids is 1. The van der Waals surface area contributed by atoms with Gasteiger partial charge >= 0.3 is 5.97 Å². The van der Waals surface area contributed by atoms with Crippen LogP contribution in [0.25, 0.3) is 0 Å². The molecule has 0 aliphatic carbocycles. The molecule has 2 aromatic rings. The summed E-state index contributed by atoms with van der Waals surface area (Å²) >= 11 is 0. The van der Waals surface area contributed by atoms with E-state index in [0.717, 1.165) is 0 Å². The Hall–Kier alpha value is -2.64. The summed E-state index contributed by atoms with van der Waals surface area (Å²) in [6.45, 7) is 4.44. The third kappa shape index (κ3) is 2.64. The minimum atomic E-state index is -0.964. The molecule has 3 heterocycles. The van der Waals surface area contributed by atoms with E-state index in [1.807, 2.05) is 9.80 Å². The average Bonchev–Trinajstić information content (AvgIpc) is 2.94. The Morgan fingerprint density at radius 3 is 2.62 bits per heavy atom. The smallest absolute Gasteiger partial charge is 0.339 e. The van der Waals surface area contributed by atoms with Crippen LogP contribution in [0.4, 0.5) is 11.8 Å². The highest BCUT2D eigenvalue weighted by molar-refractivity contribution is 5.93. The van der Waals surface area contributed by atoms with Crippen LogP contribution in [0.3, 0.4) is 0 Å². The molecule has 1 N–H and O–H groups in total. The van der Waals surface area contributed by atoms with E-state index < -0.39 is 5.97 Å². The maximum Gasteiger partial charge on any atom is 0.339 e. The summed E-state index contributed by atoms with van der Waals surface area (Å²) in [6.07, 6.45) is 1.61. The van der Waals surface area contributed by atoms with E-state index in [-0.39, 0.29) is 5.56 Å². The molecule has 0 amide bonds. The number of anilines is 2. The van der Waals surface area contributed by atoms with Gasteiger partial charge in [-0.3, -0.25) is 0 Å². The van der Waals surface area contributed by atoms with Crippen molar-refractivity contribution in [1.82, 2.24) is 15.1 Å². The summed E-state index contributed by atoms with van der Waals surface area (Å²) in [6, 6.07) is 3.20. The Morgan fingerprint density at radius 1 is 1.29 bits per heavy atom. The van der Waals surface area contributed by atoms with Gasteiger partial charge in [-0.25, -0.2) is 9.78 Å². The molecule has 21 heavy (non-hydrogen) atoms. The van der Waals surface area contributed by atoms with Gasteiger partial charge in [0.05, 0.1) is 0 Å². The van der Waals surface area contributed by atoms with E-state index in [9.17, 15) is 9.90 Å². The fraction of sp³-hybridized carbons (Fsp3) is 0.385. The van der Waals surface area contributed by atoms with E-state index in [1.54, 1.807) is 25.3 Å². The summed E-state index contributed by atoms with van der Waals surface area (Å²) in [5, 5.41) is 13.1. The Morgan fingerprint density at radius 2 is 2.00 bits per heavy atom. The van der Waals surface area contributed by atoms with Crippen LogP contribution in [0.2, 0.25) is 0 Å². The molecule has 1 fully saturated rings. The molecular weight excluding hydrogens is 274 g/mol. The number of aromatic nitrogens is 3. The zero-order valence-electron chi connectivity index (χ0n) is 11.6. The second kappa shape index (κ2) is 5.39. The number of hydrogen-bond acceptors (Lipinski definition) is 7. The molecule has 0 aromatic carbocycles. The number of carbonyl (C=O) groups is 1. The zero-order chi connectivity index (χ0) is 14.8. The van der Waals surface area contributed by atoms with E-state index >= 15 is 0 Å². The largest absolute Gasteiger partial charge is 0.478 e. The Labute approximate surface area is 121 Å². The predicted octanol–water partition coefficient (Wildman–Crippen LogP) is 0.798. The quantitative estimate of drug-likeness (QED) is 0.886. The molecule has 0 radical (unpaired) electrons. The molecule has 1 aliphatic rings. The molecule has 8 nitrogen and oxygen atoms in total. The van der Waals surface area contributed by atoms with E-state index in [4.69, 9.17) is 4.52 Å². The van der Waals surface area contributed by atoms with Crippen LogP contribution < -0.4 is 9.80 Å². The van der Waals surface area contributed by atoms with Gasteiger partial charge in [-0.05, 0) is 17.3 Å². The van der Waals surface area contributed by atoms with Gasteiger partial charge in [-0.15, -0.1) is 0 Å². The molecular formula is C13H15N5O3. The molecule has 0 spiro atoms. The van der Waals surface area contributed by atoms with Gasteiger partial charge in [0.25, 0.3) is 5.95 Å². The molecule has 2 aromatic heterocycles. The van der Waals surface area contributed by atoms with Gasteiger partial charge in [-0.2, -0.15) is 4.98 Å². The minimum absolute atomic E-state index is 0.223. The standard InChI is InChI=1S/C13H15N5O3/c1-9-15-13(16-21-9)18-7-5-17(6-8-18)11-10(12(19)20)3-2-4-14-11/h2-4H,5-8H2,1H3,(H,19,20). The van der Waals surface area contributed by atoms with Gasteiger partial charge < -0.3 is 19.4 Å². The first-order chi connectivity index (χ1) is 10.1. The SMILES string of the molecule is Cc1nc(N2CCN(c3ncccc3C(=O)O)CC2)no1. The van der Waals surface area contributed by atoms with Crippen LogP contribution in [0, 0.1) is 6.92 Å². The van der Waals surface area contributed by atoms with Crippen molar-refractivity contribution in [3.63, 3.8) is 0 Å². The number of nitrogens with zero attached hydrogens (tertiary/aromatic N) is 5. The molecule has 0 atom stereocenters. The predicted molar refractivity (Wildman–Crippen MR) is 74.7 cm³/mol. The fourth-order valence-electron chi connectivity index (χ4n) is 2.35. The first-order valence-corrected chi connectivity index (χ1v) is 6.63. The fourth-order valence-corrected chi connectivity index (χ4v) is 2.35. The molecule has 0 unspecified atom stereocenters. The van der Waals surface area contributed by atoms with Crippen LogP contribution in [0.1, 0.15) is 16.2 Å². The van der Waals surface area contributed by atoms with Crippen molar-refractivity contribution in [2.24, 2.45) is 0 Å². The summed E-state index contributed by atoms with van der Waals surface area (Å²) in [7, 11) is 0. The number of pyridine rings is 1. The number of aryl methyl sites for hydroxylation is 1. The topological polar surface area (TPSA) is 95.6 Å². The average molecular weight is 289 g/mol. The van der Waals surface area contributed by atoms with Crippen molar-refractivity contribution < 1.29 is 14.4 Å². The second-order valence-corrected chi connectivity index (χ2v) is 4.77. The highest BCUT2D eigenvalue weighted by atomic mass is 16.5. The van der Waals surface area contributed by atoms with Crippen LogP contribution in [-0.4, -0.2) is 52.4 Å². The van der Waals surface area contributed by atoms with Gasteiger partial charge in [0.2, 0.25) is 5.89 Å². The third-order valence-corrected chi connectivity index (χ3v) is 3.40. The first kappa shape index (κ1) is 13.3. The molecule has 3 rings (SSSR count). The normalized spacial score (nSPS) is 15.3. The molecule has 8 heteroatoms. The van der Waals surface area contributed by atoms with Crippen LogP contribution in [0.15, 0.2) is 22.9 Å². The van der Waals surface area contributed by atoms with E-state index in [2.05, 4.69) is 15.1 Å². The van der Waals surface area contributed by atoms with Crippen molar-refractivity contribution in [1.29, 1.82) is 0 Å². The molecule has 0 saturated carbocycles. The third-order valence-electron chi connectivity index (χ3n) is 3.40. The molecule has 1 saturated heterocycles. The maximum atomic E-state index is 11.2. The van der Waals surface area contributed by atoms with Crippen molar-refractivity contribution in [2.45, 2.75) is 6.92 Å². The van der Waals surface area contributed by atoms with Crippen LogP contribution >= 0.6 is 0 Å². The summed E-state index contributed by atoms with van der Waals surface area (Å²) in [5.41, 5.74) is 0.223. The van der Waals surface area contributed by atoms with Crippen molar-refractivity contribution in [3.05, 3.63) is 29.8 Å². The highest BCUT2D eigenvalue weighted by Crippen LogP contribution is 2.20. The lowest BCUT2D eigenvalue weighted by molar-refractivity contribution is 0.0697. The summed E-state index contributed by atoms with van der Waals surface area (Å²) < 4.78 is 4.97. The lowest BCUT2D eigenvalue weighted by Crippen LogP contribution is -2.47. The Kier molecular flexibility index (Phi) is 3.43. The maximum absolute atomic E-state index is 11.2. The summed E-state index contributed by atoms with van der Waals surface area (Å²) in [5.74, 6) is 0.653. The lowest BCUT2D eigenvalue weighted by Gasteiger charge is -2.35. The Balaban J connectivity index is 1.73. The lowest BCUT2D eigenvalue weighted by atomic mass is 10.2.